The van der Waals surface area contributed by atoms with E-state index in [-0.39, 0.29) is 5.56 Å². The summed E-state index contributed by atoms with van der Waals surface area (Å²) in [6, 6.07) is 0.192. The van der Waals surface area contributed by atoms with E-state index in [4.69, 9.17) is 15.3 Å². The van der Waals surface area contributed by atoms with Crippen molar-refractivity contribution in [2.24, 2.45) is 0 Å². The predicted molar refractivity (Wildman–Crippen MR) is 57.4 cm³/mol. The molecule has 0 saturated heterocycles. The summed E-state index contributed by atoms with van der Waals surface area (Å²) in [5.74, 6) is -4.60. The second-order valence-electron chi connectivity index (χ2n) is 3.41. The smallest absolute Gasteiger partial charge is 0.328 e. The van der Waals surface area contributed by atoms with Crippen LogP contribution in [0.2, 0.25) is 0 Å². The first-order valence-electron chi connectivity index (χ1n) is 4.76. The Bertz CT molecular complexity index is 462. The van der Waals surface area contributed by atoms with Gasteiger partial charge in [-0.2, -0.15) is 0 Å². The van der Waals surface area contributed by atoms with Gasteiger partial charge >= 0.3 is 5.97 Å². The molecule has 98 valence electrons. The van der Waals surface area contributed by atoms with Gasteiger partial charge in [-0.05, 0) is 12.1 Å². The van der Waals surface area contributed by atoms with Crippen LogP contribution in [-0.4, -0.2) is 50.1 Å². The van der Waals surface area contributed by atoms with Gasteiger partial charge < -0.3 is 30.8 Å². The van der Waals surface area contributed by atoms with Crippen molar-refractivity contribution in [3.63, 3.8) is 0 Å². The molecule has 0 heterocycles. The molecule has 8 heteroatoms. The van der Waals surface area contributed by atoms with Crippen LogP contribution in [0.3, 0.4) is 0 Å². The number of carboxylic acid groups (broad SMARTS) is 1. The molecule has 1 rings (SSSR count). The molecule has 0 aromatic heterocycles. The maximum atomic E-state index is 11.5. The number of carbonyl (C=O) groups excluding carboxylic acids is 1. The number of aliphatic hydroxyl groups is 1. The Morgan fingerprint density at radius 3 is 2.06 bits per heavy atom. The van der Waals surface area contributed by atoms with Crippen LogP contribution in [0.25, 0.3) is 0 Å². The lowest BCUT2D eigenvalue weighted by Crippen LogP contribution is -2.43. The number of carbonyl (C=O) groups is 2. The van der Waals surface area contributed by atoms with Crippen molar-refractivity contribution in [3.8, 4) is 17.2 Å². The highest BCUT2D eigenvalue weighted by Gasteiger charge is 2.21. The summed E-state index contributed by atoms with van der Waals surface area (Å²) in [6.45, 7) is -0.808. The number of aromatic hydroxyl groups is 3. The SMILES string of the molecule is O=C(N[C@@H](CO)C(=O)O)c1cc(O)c(O)c(O)c1. The summed E-state index contributed by atoms with van der Waals surface area (Å²) >= 11 is 0. The van der Waals surface area contributed by atoms with Crippen molar-refractivity contribution in [2.45, 2.75) is 6.04 Å². The number of benzene rings is 1. The number of hydrogen-bond donors (Lipinski definition) is 6. The lowest BCUT2D eigenvalue weighted by molar-refractivity contribution is -0.140. The Balaban J connectivity index is 2.94. The molecule has 0 aliphatic rings. The van der Waals surface area contributed by atoms with Gasteiger partial charge in [0.1, 0.15) is 0 Å². The van der Waals surface area contributed by atoms with E-state index >= 15 is 0 Å². The molecule has 8 nitrogen and oxygen atoms in total. The Hall–Kier alpha value is -2.48. The number of rotatable bonds is 4. The molecule has 1 aromatic carbocycles. The first kappa shape index (κ1) is 13.6. The van der Waals surface area contributed by atoms with Crippen LogP contribution >= 0.6 is 0 Å². The molecule has 0 saturated carbocycles. The molecule has 1 atom stereocenters. The van der Waals surface area contributed by atoms with Gasteiger partial charge in [0, 0.05) is 5.56 Å². The average Bonchev–Trinajstić information content (AvgIpc) is 2.31. The molecular formula is C10H11NO7. The van der Waals surface area contributed by atoms with Crippen molar-refractivity contribution in [2.75, 3.05) is 6.61 Å². The predicted octanol–water partition coefficient (Wildman–Crippen LogP) is -1.02. The molecular weight excluding hydrogens is 246 g/mol. The van der Waals surface area contributed by atoms with Crippen LogP contribution in [0.1, 0.15) is 10.4 Å². The molecule has 0 spiro atoms. The minimum absolute atomic E-state index is 0.262. The normalized spacial score (nSPS) is 11.8. The third-order valence-electron chi connectivity index (χ3n) is 2.12. The Labute approximate surface area is 101 Å². The van der Waals surface area contributed by atoms with E-state index in [0.717, 1.165) is 12.1 Å². The number of carboxylic acids is 1. The Morgan fingerprint density at radius 2 is 1.67 bits per heavy atom. The lowest BCUT2D eigenvalue weighted by Gasteiger charge is -2.12. The highest BCUT2D eigenvalue weighted by Crippen LogP contribution is 2.35. The van der Waals surface area contributed by atoms with E-state index in [2.05, 4.69) is 0 Å². The quantitative estimate of drug-likeness (QED) is 0.378. The number of amides is 1. The number of hydrogen-bond acceptors (Lipinski definition) is 6. The van der Waals surface area contributed by atoms with Crippen LogP contribution in [0.4, 0.5) is 0 Å². The Kier molecular flexibility index (Phi) is 3.95. The average molecular weight is 257 g/mol. The number of aliphatic carboxylic acids is 1. The van der Waals surface area contributed by atoms with Crippen LogP contribution < -0.4 is 5.32 Å². The maximum Gasteiger partial charge on any atom is 0.328 e. The highest BCUT2D eigenvalue weighted by molar-refractivity contribution is 5.97. The summed E-state index contributed by atoms with van der Waals surface area (Å²) < 4.78 is 0. The second-order valence-corrected chi connectivity index (χ2v) is 3.41. The molecule has 1 aromatic rings. The summed E-state index contributed by atoms with van der Waals surface area (Å²) in [7, 11) is 0. The molecule has 0 aliphatic carbocycles. The number of phenolic OH excluding ortho intramolecular Hbond substituents is 3. The number of phenols is 3. The molecule has 0 aliphatic heterocycles. The highest BCUT2D eigenvalue weighted by atomic mass is 16.4. The van der Waals surface area contributed by atoms with E-state index in [9.17, 15) is 19.8 Å². The molecule has 1 amide bonds. The second kappa shape index (κ2) is 5.23. The fraction of sp³-hybridized carbons (Fsp3) is 0.200. The maximum absolute atomic E-state index is 11.5. The van der Waals surface area contributed by atoms with Crippen molar-refractivity contribution >= 4 is 11.9 Å². The molecule has 0 radical (unpaired) electrons. The van der Waals surface area contributed by atoms with E-state index < -0.39 is 41.8 Å². The van der Waals surface area contributed by atoms with Crippen LogP contribution in [0.15, 0.2) is 12.1 Å². The minimum atomic E-state index is -1.50. The van der Waals surface area contributed by atoms with Gasteiger partial charge in [0.05, 0.1) is 6.61 Å². The van der Waals surface area contributed by atoms with Gasteiger partial charge in [-0.25, -0.2) is 4.79 Å². The van der Waals surface area contributed by atoms with Crippen molar-refractivity contribution < 1.29 is 35.1 Å². The zero-order valence-electron chi connectivity index (χ0n) is 8.99. The minimum Gasteiger partial charge on any atom is -0.504 e. The van der Waals surface area contributed by atoms with E-state index in [1.54, 1.807) is 0 Å². The molecule has 0 unspecified atom stereocenters. The zero-order valence-corrected chi connectivity index (χ0v) is 8.99. The number of nitrogens with one attached hydrogen (secondary N) is 1. The van der Waals surface area contributed by atoms with Gasteiger partial charge in [0.15, 0.2) is 23.3 Å². The van der Waals surface area contributed by atoms with Gasteiger partial charge in [-0.3, -0.25) is 4.79 Å². The molecule has 18 heavy (non-hydrogen) atoms. The van der Waals surface area contributed by atoms with Crippen LogP contribution in [0.5, 0.6) is 17.2 Å². The largest absolute Gasteiger partial charge is 0.504 e. The first-order chi connectivity index (χ1) is 8.36. The standard InChI is InChI=1S/C10H11NO7/c12-3-5(10(17)18)11-9(16)4-1-6(13)8(15)7(14)2-4/h1-2,5,12-15H,3H2,(H,11,16)(H,17,18)/t5-/m0/s1. The first-order valence-corrected chi connectivity index (χ1v) is 4.76. The monoisotopic (exact) mass is 257 g/mol. The molecule has 0 fully saturated rings. The zero-order chi connectivity index (χ0) is 13.9. The van der Waals surface area contributed by atoms with Crippen molar-refractivity contribution in [1.82, 2.24) is 5.32 Å². The fourth-order valence-electron chi connectivity index (χ4n) is 1.16. The third kappa shape index (κ3) is 2.80. The van der Waals surface area contributed by atoms with Gasteiger partial charge in [-0.15, -0.1) is 0 Å². The van der Waals surface area contributed by atoms with E-state index in [1.165, 1.54) is 0 Å². The third-order valence-corrected chi connectivity index (χ3v) is 2.12. The van der Waals surface area contributed by atoms with Crippen molar-refractivity contribution in [1.29, 1.82) is 0 Å². The number of aliphatic hydroxyl groups excluding tert-OH is 1. The molecule has 0 bridgehead atoms. The summed E-state index contributed by atoms with van der Waals surface area (Å²) in [5, 5.41) is 46.7. The van der Waals surface area contributed by atoms with E-state index in [1.807, 2.05) is 5.32 Å². The van der Waals surface area contributed by atoms with Crippen LogP contribution in [-0.2, 0) is 4.79 Å². The Morgan fingerprint density at radius 1 is 1.17 bits per heavy atom. The summed E-state index contributed by atoms with van der Waals surface area (Å²) in [5.41, 5.74) is -0.262. The van der Waals surface area contributed by atoms with Gasteiger partial charge in [0.25, 0.3) is 5.91 Å². The van der Waals surface area contributed by atoms with Gasteiger partial charge in [-0.1, -0.05) is 0 Å². The lowest BCUT2D eigenvalue weighted by atomic mass is 10.1. The van der Waals surface area contributed by atoms with E-state index in [0.29, 0.717) is 0 Å². The van der Waals surface area contributed by atoms with Crippen molar-refractivity contribution in [3.05, 3.63) is 17.7 Å². The van der Waals surface area contributed by atoms with Crippen LogP contribution in [0, 0.1) is 0 Å². The fourth-order valence-corrected chi connectivity index (χ4v) is 1.16. The van der Waals surface area contributed by atoms with Gasteiger partial charge in [0.2, 0.25) is 0 Å². The summed E-state index contributed by atoms with van der Waals surface area (Å²) in [4.78, 5) is 22.1. The summed E-state index contributed by atoms with van der Waals surface area (Å²) in [6.07, 6.45) is 0. The molecule has 6 N–H and O–H groups in total. The topological polar surface area (TPSA) is 147 Å².